The minimum atomic E-state index is -0.499. The van der Waals surface area contributed by atoms with E-state index in [4.69, 9.17) is 14.2 Å². The highest BCUT2D eigenvalue weighted by molar-refractivity contribution is 6.01. The van der Waals surface area contributed by atoms with Gasteiger partial charge in [-0.15, -0.1) is 0 Å². The number of urea groups is 1. The maximum absolute atomic E-state index is 13.5. The van der Waals surface area contributed by atoms with Gasteiger partial charge in [-0.2, -0.15) is 4.98 Å². The first-order valence-electron chi connectivity index (χ1n) is 12.4. The number of amides is 2. The summed E-state index contributed by atoms with van der Waals surface area (Å²) >= 11 is 0. The number of nitrogens with one attached hydrogen (secondary N) is 1. The molecule has 0 radical (unpaired) electrons. The number of methoxy groups -OCH3 is 1. The number of ether oxygens (including phenoxy) is 1. The van der Waals surface area contributed by atoms with Crippen molar-refractivity contribution < 1.29 is 14.1 Å². The Labute approximate surface area is 216 Å². The molecule has 0 bridgehead atoms. The minimum absolute atomic E-state index is 0.229. The summed E-state index contributed by atoms with van der Waals surface area (Å²) in [6.07, 6.45) is 0.958. The highest BCUT2D eigenvalue weighted by Crippen LogP contribution is 2.40. The van der Waals surface area contributed by atoms with Gasteiger partial charge in [-0.1, -0.05) is 54.5 Å². The van der Waals surface area contributed by atoms with Gasteiger partial charge in [0, 0.05) is 11.3 Å². The van der Waals surface area contributed by atoms with Gasteiger partial charge in [0.1, 0.15) is 5.75 Å². The Balaban J connectivity index is 1.64. The lowest BCUT2D eigenvalue weighted by Gasteiger charge is -2.35. The Morgan fingerprint density at radius 3 is 2.49 bits per heavy atom. The van der Waals surface area contributed by atoms with Crippen molar-refractivity contribution in [3.63, 3.8) is 0 Å². The van der Waals surface area contributed by atoms with Crippen LogP contribution in [0.1, 0.15) is 48.0 Å². The molecule has 2 heterocycles. The molecular weight excluding hydrogens is 464 g/mol. The first kappa shape index (κ1) is 24.3. The van der Waals surface area contributed by atoms with Gasteiger partial charge < -0.3 is 14.6 Å². The van der Waals surface area contributed by atoms with E-state index >= 15 is 0 Å². The normalized spacial score (nSPS) is 15.6. The van der Waals surface area contributed by atoms with E-state index in [2.05, 4.69) is 36.5 Å². The highest BCUT2D eigenvalue weighted by Gasteiger charge is 2.36. The zero-order chi connectivity index (χ0) is 26.1. The van der Waals surface area contributed by atoms with Crippen LogP contribution in [0, 0.1) is 13.8 Å². The number of carbonyl (C=O) groups excluding carboxylic acids is 1. The third kappa shape index (κ3) is 4.60. The number of hydrogen-bond acceptors (Lipinski definition) is 5. The summed E-state index contributed by atoms with van der Waals surface area (Å²) in [5, 5.41) is 7.44. The molecule has 1 atom stereocenters. The third-order valence-electron chi connectivity index (χ3n) is 6.94. The van der Waals surface area contributed by atoms with E-state index in [0.29, 0.717) is 17.5 Å². The van der Waals surface area contributed by atoms with E-state index < -0.39 is 6.04 Å². The lowest BCUT2D eigenvalue weighted by Crippen LogP contribution is -2.46. The molecule has 37 heavy (non-hydrogen) atoms. The lowest BCUT2D eigenvalue weighted by molar-refractivity contribution is 0.244. The number of rotatable bonds is 6. The lowest BCUT2D eigenvalue weighted by atomic mass is 9.94. The van der Waals surface area contributed by atoms with Gasteiger partial charge >= 0.3 is 6.03 Å². The molecule has 188 valence electrons. The van der Waals surface area contributed by atoms with Crippen molar-refractivity contribution in [1.82, 2.24) is 15.5 Å². The molecule has 0 fully saturated rings. The SMILES string of the molecule is CCc1ccc(-c2noc(C3=C(C)N(c4ccc(C)c(C)c4)C(=O)NC3c3cccc(OC)c3)n2)cc1. The fourth-order valence-electron chi connectivity index (χ4n) is 4.61. The van der Waals surface area contributed by atoms with Gasteiger partial charge in [0.2, 0.25) is 5.82 Å². The molecule has 0 saturated heterocycles. The van der Waals surface area contributed by atoms with Gasteiger partial charge in [-0.05, 0) is 73.7 Å². The molecule has 7 heteroatoms. The number of carbonyl (C=O) groups is 1. The second-order valence-corrected chi connectivity index (χ2v) is 9.24. The van der Waals surface area contributed by atoms with Gasteiger partial charge in [0.25, 0.3) is 5.89 Å². The summed E-state index contributed by atoms with van der Waals surface area (Å²) in [6.45, 7) is 8.12. The Bertz CT molecular complexity index is 1490. The summed E-state index contributed by atoms with van der Waals surface area (Å²) < 4.78 is 11.3. The molecule has 1 aliphatic heterocycles. The van der Waals surface area contributed by atoms with Crippen molar-refractivity contribution in [2.75, 3.05) is 12.0 Å². The van der Waals surface area contributed by atoms with Crippen LogP contribution in [0.2, 0.25) is 0 Å². The summed E-state index contributed by atoms with van der Waals surface area (Å²) in [7, 11) is 1.62. The standard InChI is InChI=1S/C30H30N4O3/c1-6-21-11-13-22(14-12-21)28-32-29(37-33-28)26-20(4)34(24-15-10-18(2)19(3)16-24)30(35)31-27(26)23-8-7-9-25(17-23)36-5/h7-17,27H,6H2,1-5H3,(H,31,35). The van der Waals surface area contributed by atoms with Crippen molar-refractivity contribution in [3.8, 4) is 17.1 Å². The first-order valence-corrected chi connectivity index (χ1v) is 12.4. The number of aryl methyl sites for hydroxylation is 3. The molecule has 3 aromatic carbocycles. The number of benzene rings is 3. The van der Waals surface area contributed by atoms with Crippen LogP contribution in [0.5, 0.6) is 5.75 Å². The van der Waals surface area contributed by atoms with Crippen molar-refractivity contribution in [2.24, 2.45) is 0 Å². The van der Waals surface area contributed by atoms with Crippen LogP contribution in [0.25, 0.3) is 17.0 Å². The predicted molar refractivity (Wildman–Crippen MR) is 144 cm³/mol. The van der Waals surface area contributed by atoms with Crippen LogP contribution in [-0.4, -0.2) is 23.3 Å². The average Bonchev–Trinajstić information content (AvgIpc) is 3.40. The summed E-state index contributed by atoms with van der Waals surface area (Å²) in [6, 6.07) is 21.0. The predicted octanol–water partition coefficient (Wildman–Crippen LogP) is 6.63. The fraction of sp³-hybridized carbons (Fsp3) is 0.233. The number of nitrogens with zero attached hydrogens (tertiary/aromatic N) is 3. The van der Waals surface area contributed by atoms with E-state index in [9.17, 15) is 4.79 Å². The molecular formula is C30H30N4O3. The number of anilines is 1. The molecule has 4 aromatic rings. The topological polar surface area (TPSA) is 80.5 Å². The molecule has 1 unspecified atom stereocenters. The quantitative estimate of drug-likeness (QED) is 0.326. The summed E-state index contributed by atoms with van der Waals surface area (Å²) in [5.41, 5.74) is 7.45. The molecule has 0 saturated carbocycles. The second-order valence-electron chi connectivity index (χ2n) is 9.24. The largest absolute Gasteiger partial charge is 0.497 e. The molecule has 1 N–H and O–H groups in total. The molecule has 5 rings (SSSR count). The van der Waals surface area contributed by atoms with Crippen molar-refractivity contribution in [2.45, 2.75) is 40.2 Å². The molecule has 1 aromatic heterocycles. The minimum Gasteiger partial charge on any atom is -0.497 e. The molecule has 0 aliphatic carbocycles. The zero-order valence-electron chi connectivity index (χ0n) is 21.7. The average molecular weight is 495 g/mol. The smallest absolute Gasteiger partial charge is 0.326 e. The van der Waals surface area contributed by atoms with Crippen molar-refractivity contribution in [3.05, 3.63) is 101 Å². The maximum atomic E-state index is 13.5. The number of aromatic nitrogens is 2. The van der Waals surface area contributed by atoms with Crippen LogP contribution in [-0.2, 0) is 6.42 Å². The summed E-state index contributed by atoms with van der Waals surface area (Å²) in [5.74, 6) is 1.55. The van der Waals surface area contributed by atoms with Crippen LogP contribution < -0.4 is 15.0 Å². The Morgan fingerprint density at radius 2 is 1.78 bits per heavy atom. The van der Waals surface area contributed by atoms with Gasteiger partial charge in [0.05, 0.1) is 24.4 Å². The Morgan fingerprint density at radius 1 is 1.00 bits per heavy atom. The third-order valence-corrected chi connectivity index (χ3v) is 6.94. The first-order chi connectivity index (χ1) is 17.9. The monoisotopic (exact) mass is 494 g/mol. The Kier molecular flexibility index (Phi) is 6.53. The number of allylic oxidation sites excluding steroid dienone is 1. The van der Waals surface area contributed by atoms with Crippen LogP contribution in [0.3, 0.4) is 0 Å². The summed E-state index contributed by atoms with van der Waals surface area (Å²) in [4.78, 5) is 19.9. The molecule has 0 spiro atoms. The maximum Gasteiger partial charge on any atom is 0.326 e. The number of hydrogen-bond donors (Lipinski definition) is 1. The second kappa shape index (κ2) is 9.93. The van der Waals surface area contributed by atoms with Crippen LogP contribution in [0.15, 0.2) is 77.0 Å². The van der Waals surface area contributed by atoms with Crippen LogP contribution in [0.4, 0.5) is 10.5 Å². The molecule has 2 amide bonds. The van der Waals surface area contributed by atoms with Gasteiger partial charge in [-0.3, -0.25) is 4.90 Å². The van der Waals surface area contributed by atoms with E-state index in [1.165, 1.54) is 5.56 Å². The van der Waals surface area contributed by atoms with E-state index in [0.717, 1.165) is 45.6 Å². The van der Waals surface area contributed by atoms with Gasteiger partial charge in [0.15, 0.2) is 0 Å². The molecule has 1 aliphatic rings. The Hall–Kier alpha value is -4.39. The molecule has 7 nitrogen and oxygen atoms in total. The van der Waals surface area contributed by atoms with Crippen LogP contribution >= 0.6 is 0 Å². The highest BCUT2D eigenvalue weighted by atomic mass is 16.5. The van der Waals surface area contributed by atoms with Crippen molar-refractivity contribution in [1.29, 1.82) is 0 Å². The van der Waals surface area contributed by atoms with E-state index in [-0.39, 0.29) is 6.03 Å². The zero-order valence-corrected chi connectivity index (χ0v) is 21.7. The fourth-order valence-corrected chi connectivity index (χ4v) is 4.61. The van der Waals surface area contributed by atoms with E-state index in [1.54, 1.807) is 12.0 Å². The van der Waals surface area contributed by atoms with E-state index in [1.807, 2.05) is 68.4 Å². The van der Waals surface area contributed by atoms with Crippen molar-refractivity contribution >= 4 is 17.3 Å². The van der Waals surface area contributed by atoms with Gasteiger partial charge in [-0.25, -0.2) is 4.79 Å².